The van der Waals surface area contributed by atoms with Gasteiger partial charge in [-0.15, -0.1) is 0 Å². The molecule has 0 aliphatic heterocycles. The second kappa shape index (κ2) is 54.7. The van der Waals surface area contributed by atoms with Crippen LogP contribution in [0.1, 0.15) is 239 Å². The standard InChI is InChI=1S/C61H100O6/c1-4-7-10-13-16-19-22-25-27-29-30-32-34-37-39-42-45-48-51-54-60(63)66-57-58(67-61(64)55-52-49-46-43-40-35-24-21-18-15-12-9-6-3)56-65-59(62)53-50-47-44-41-38-36-33-31-28-26-23-20-17-14-11-8-5-2/h7-8,10-11,16-17,19-20,25-28,30,32-33,36-37,39,58H,4-6,9,12-15,18,21-24,29,31,34-35,38,40-57H2,1-3H3/b10-7-,11-8-,19-16-,20-17-,27-25-,28-26-,32-30-,36-33-,39-37-/t58-/m0/s1. The quantitative estimate of drug-likeness (QED) is 0.0262. The molecule has 0 aromatic rings. The predicted octanol–water partition coefficient (Wildman–Crippen LogP) is 18.3. The first-order chi connectivity index (χ1) is 33.0. The van der Waals surface area contributed by atoms with Crippen LogP contribution in [0.5, 0.6) is 0 Å². The SMILES string of the molecule is CC/C=C\C/C=C\C/C=C\C/C=C\C/C=C\CCCCCC(=O)OC[C@H](COC(=O)CCCCCC/C=C\C/C=C\C/C=C\C/C=C\CC)OC(=O)CCCCCCCCCCCCCCC. The van der Waals surface area contributed by atoms with Crippen molar-refractivity contribution < 1.29 is 28.6 Å². The van der Waals surface area contributed by atoms with E-state index in [0.29, 0.717) is 19.3 Å². The van der Waals surface area contributed by atoms with Crippen molar-refractivity contribution in [2.24, 2.45) is 0 Å². The lowest BCUT2D eigenvalue weighted by molar-refractivity contribution is -0.167. The summed E-state index contributed by atoms with van der Waals surface area (Å²) in [5, 5.41) is 0. The van der Waals surface area contributed by atoms with Crippen LogP contribution < -0.4 is 0 Å². The van der Waals surface area contributed by atoms with Gasteiger partial charge in [-0.25, -0.2) is 0 Å². The Bertz CT molecular complexity index is 1390. The van der Waals surface area contributed by atoms with Crippen LogP contribution in [0, 0.1) is 0 Å². The van der Waals surface area contributed by atoms with Gasteiger partial charge in [0.1, 0.15) is 13.2 Å². The highest BCUT2D eigenvalue weighted by Gasteiger charge is 2.19. The predicted molar refractivity (Wildman–Crippen MR) is 288 cm³/mol. The van der Waals surface area contributed by atoms with Gasteiger partial charge >= 0.3 is 17.9 Å². The molecule has 0 saturated heterocycles. The van der Waals surface area contributed by atoms with Crippen LogP contribution in [0.25, 0.3) is 0 Å². The number of carbonyl (C=O) groups is 3. The van der Waals surface area contributed by atoms with E-state index in [1.54, 1.807) is 0 Å². The first kappa shape index (κ1) is 63.1. The number of rotatable bonds is 48. The summed E-state index contributed by atoms with van der Waals surface area (Å²) in [7, 11) is 0. The summed E-state index contributed by atoms with van der Waals surface area (Å²) in [6, 6.07) is 0. The Morgan fingerprint density at radius 3 is 0.925 bits per heavy atom. The van der Waals surface area contributed by atoms with Gasteiger partial charge in [0.05, 0.1) is 0 Å². The Kier molecular flexibility index (Phi) is 51.5. The zero-order valence-corrected chi connectivity index (χ0v) is 43.4. The first-order valence-corrected chi connectivity index (χ1v) is 27.4. The minimum absolute atomic E-state index is 0.102. The molecule has 0 bridgehead atoms. The summed E-state index contributed by atoms with van der Waals surface area (Å²) in [6.45, 7) is 6.36. The Labute approximate surface area is 412 Å². The number of allylic oxidation sites excluding steroid dienone is 18. The summed E-state index contributed by atoms with van der Waals surface area (Å²) < 4.78 is 16.8. The number of esters is 3. The average molecular weight is 929 g/mol. The van der Waals surface area contributed by atoms with Gasteiger partial charge in [0.15, 0.2) is 6.10 Å². The molecule has 0 spiro atoms. The molecular formula is C61H100O6. The molecular weight excluding hydrogens is 829 g/mol. The third-order valence-electron chi connectivity index (χ3n) is 11.3. The van der Waals surface area contributed by atoms with E-state index in [1.165, 1.54) is 64.2 Å². The molecule has 0 aliphatic carbocycles. The largest absolute Gasteiger partial charge is 0.462 e. The van der Waals surface area contributed by atoms with Crippen LogP contribution in [0.15, 0.2) is 109 Å². The monoisotopic (exact) mass is 929 g/mol. The van der Waals surface area contributed by atoms with E-state index in [0.717, 1.165) is 135 Å². The Morgan fingerprint density at radius 2 is 0.582 bits per heavy atom. The maximum absolute atomic E-state index is 12.8. The van der Waals surface area contributed by atoms with E-state index >= 15 is 0 Å². The molecule has 6 nitrogen and oxygen atoms in total. The Hall–Kier alpha value is -3.93. The van der Waals surface area contributed by atoms with Crippen LogP contribution in [0.4, 0.5) is 0 Å². The van der Waals surface area contributed by atoms with Crippen molar-refractivity contribution >= 4 is 17.9 Å². The lowest BCUT2D eigenvalue weighted by Crippen LogP contribution is -2.30. The van der Waals surface area contributed by atoms with Crippen LogP contribution in [-0.2, 0) is 28.6 Å². The number of hydrogen-bond donors (Lipinski definition) is 0. The molecule has 6 heteroatoms. The lowest BCUT2D eigenvalue weighted by Gasteiger charge is -2.18. The lowest BCUT2D eigenvalue weighted by atomic mass is 10.0. The van der Waals surface area contributed by atoms with E-state index < -0.39 is 6.10 Å². The van der Waals surface area contributed by atoms with Crippen LogP contribution in [0.2, 0.25) is 0 Å². The van der Waals surface area contributed by atoms with Gasteiger partial charge in [0.25, 0.3) is 0 Å². The van der Waals surface area contributed by atoms with Crippen molar-refractivity contribution in [1.29, 1.82) is 0 Å². The summed E-state index contributed by atoms with van der Waals surface area (Å²) in [4.78, 5) is 38.1. The number of unbranched alkanes of at least 4 members (excludes halogenated alkanes) is 19. The summed E-state index contributed by atoms with van der Waals surface area (Å²) in [6.07, 6.45) is 73.6. The maximum atomic E-state index is 12.8. The van der Waals surface area contributed by atoms with Crippen LogP contribution in [-0.4, -0.2) is 37.2 Å². The van der Waals surface area contributed by atoms with E-state index in [-0.39, 0.29) is 31.1 Å². The van der Waals surface area contributed by atoms with Crippen molar-refractivity contribution in [1.82, 2.24) is 0 Å². The zero-order valence-electron chi connectivity index (χ0n) is 43.4. The molecule has 0 aliphatic rings. The van der Waals surface area contributed by atoms with Crippen LogP contribution in [0.3, 0.4) is 0 Å². The molecule has 67 heavy (non-hydrogen) atoms. The van der Waals surface area contributed by atoms with E-state index in [9.17, 15) is 14.4 Å². The van der Waals surface area contributed by atoms with Gasteiger partial charge < -0.3 is 14.2 Å². The van der Waals surface area contributed by atoms with Gasteiger partial charge in [0.2, 0.25) is 0 Å². The molecule has 0 aromatic carbocycles. The van der Waals surface area contributed by atoms with Crippen molar-refractivity contribution in [2.45, 2.75) is 245 Å². The molecule has 0 amide bonds. The maximum Gasteiger partial charge on any atom is 0.306 e. The number of ether oxygens (including phenoxy) is 3. The topological polar surface area (TPSA) is 78.9 Å². The highest BCUT2D eigenvalue weighted by molar-refractivity contribution is 5.71. The molecule has 0 N–H and O–H groups in total. The Morgan fingerprint density at radius 1 is 0.313 bits per heavy atom. The van der Waals surface area contributed by atoms with Crippen molar-refractivity contribution in [3.8, 4) is 0 Å². The first-order valence-electron chi connectivity index (χ1n) is 27.4. The molecule has 0 rings (SSSR count). The minimum Gasteiger partial charge on any atom is -0.462 e. The van der Waals surface area contributed by atoms with Gasteiger partial charge in [-0.1, -0.05) is 226 Å². The minimum atomic E-state index is -0.802. The fourth-order valence-electron chi connectivity index (χ4n) is 7.22. The van der Waals surface area contributed by atoms with Gasteiger partial charge in [-0.05, 0) is 103 Å². The van der Waals surface area contributed by atoms with Gasteiger partial charge in [-0.2, -0.15) is 0 Å². The molecule has 0 radical (unpaired) electrons. The Balaban J connectivity index is 4.48. The second-order valence-electron chi connectivity index (χ2n) is 17.7. The molecule has 380 valence electrons. The smallest absolute Gasteiger partial charge is 0.306 e. The van der Waals surface area contributed by atoms with Crippen molar-refractivity contribution in [3.63, 3.8) is 0 Å². The molecule has 1 atom stereocenters. The molecule has 0 saturated carbocycles. The number of carbonyl (C=O) groups excluding carboxylic acids is 3. The van der Waals surface area contributed by atoms with Crippen LogP contribution >= 0.6 is 0 Å². The molecule has 0 unspecified atom stereocenters. The summed E-state index contributed by atoms with van der Waals surface area (Å²) >= 11 is 0. The summed E-state index contributed by atoms with van der Waals surface area (Å²) in [5.74, 6) is -0.956. The van der Waals surface area contributed by atoms with Gasteiger partial charge in [0, 0.05) is 19.3 Å². The fraction of sp³-hybridized carbons (Fsp3) is 0.656. The highest BCUT2D eigenvalue weighted by atomic mass is 16.6. The highest BCUT2D eigenvalue weighted by Crippen LogP contribution is 2.14. The number of hydrogen-bond acceptors (Lipinski definition) is 6. The van der Waals surface area contributed by atoms with E-state index in [1.807, 2.05) is 0 Å². The van der Waals surface area contributed by atoms with Crippen molar-refractivity contribution in [2.75, 3.05) is 13.2 Å². The third kappa shape index (κ3) is 52.9. The normalized spacial score (nSPS) is 12.9. The van der Waals surface area contributed by atoms with Crippen molar-refractivity contribution in [3.05, 3.63) is 109 Å². The zero-order chi connectivity index (χ0) is 48.6. The molecule has 0 fully saturated rings. The third-order valence-corrected chi connectivity index (χ3v) is 11.3. The molecule has 0 aromatic heterocycles. The fourth-order valence-corrected chi connectivity index (χ4v) is 7.22. The van der Waals surface area contributed by atoms with E-state index in [4.69, 9.17) is 14.2 Å². The second-order valence-corrected chi connectivity index (χ2v) is 17.7. The molecule has 0 heterocycles. The summed E-state index contributed by atoms with van der Waals surface area (Å²) in [5.41, 5.74) is 0. The average Bonchev–Trinajstić information content (AvgIpc) is 3.33. The van der Waals surface area contributed by atoms with E-state index in [2.05, 4.69) is 130 Å². The van der Waals surface area contributed by atoms with Gasteiger partial charge in [-0.3, -0.25) is 14.4 Å².